The maximum absolute atomic E-state index is 13.0. The maximum atomic E-state index is 13.0. The molecule has 0 aliphatic carbocycles. The topological polar surface area (TPSA) is 88.0 Å². The Morgan fingerprint density at radius 2 is 2.09 bits per heavy atom. The first-order chi connectivity index (χ1) is 10.4. The van der Waals surface area contributed by atoms with Gasteiger partial charge in [-0.05, 0) is 24.5 Å². The van der Waals surface area contributed by atoms with Crippen LogP contribution in [-0.2, 0) is 0 Å². The van der Waals surface area contributed by atoms with Crippen LogP contribution in [-0.4, -0.2) is 22.5 Å². The molecule has 6 nitrogen and oxygen atoms in total. The minimum atomic E-state index is -3.73. The second-order valence-electron chi connectivity index (χ2n) is 4.24. The number of alkyl halides is 2. The third-order valence-electron chi connectivity index (χ3n) is 2.88. The summed E-state index contributed by atoms with van der Waals surface area (Å²) >= 11 is 1.18. The summed E-state index contributed by atoms with van der Waals surface area (Å²) in [6.07, 6.45) is -2.03. The molecule has 0 spiro atoms. The van der Waals surface area contributed by atoms with Crippen molar-refractivity contribution in [1.82, 2.24) is 9.97 Å². The second kappa shape index (κ2) is 4.99. The van der Waals surface area contributed by atoms with Gasteiger partial charge in [0.25, 0.3) is 5.56 Å². The lowest BCUT2D eigenvalue weighted by molar-refractivity contribution is -0.286. The highest BCUT2D eigenvalue weighted by molar-refractivity contribution is 7.98. The van der Waals surface area contributed by atoms with Crippen molar-refractivity contribution in [1.29, 1.82) is 5.26 Å². The van der Waals surface area contributed by atoms with Gasteiger partial charge in [0, 0.05) is 5.56 Å². The molecule has 0 bridgehead atoms. The van der Waals surface area contributed by atoms with Gasteiger partial charge in [-0.2, -0.15) is 5.26 Å². The molecule has 0 radical (unpaired) electrons. The van der Waals surface area contributed by atoms with E-state index in [0.717, 1.165) is 0 Å². The molecule has 0 amide bonds. The maximum Gasteiger partial charge on any atom is 0.586 e. The number of hydrogen-bond acceptors (Lipinski definition) is 6. The smallest absolute Gasteiger partial charge is 0.395 e. The number of fused-ring (bicyclic) bond motifs is 1. The molecule has 3 rings (SSSR count). The number of nitriles is 1. The number of nitrogens with zero attached hydrogens (tertiary/aromatic N) is 2. The summed E-state index contributed by atoms with van der Waals surface area (Å²) < 4.78 is 34.7. The molecule has 1 aliphatic rings. The van der Waals surface area contributed by atoms with E-state index in [9.17, 15) is 13.6 Å². The molecule has 9 heteroatoms. The molecule has 0 unspecified atom stereocenters. The predicted molar refractivity (Wildman–Crippen MR) is 73.0 cm³/mol. The van der Waals surface area contributed by atoms with Gasteiger partial charge in [0.05, 0.1) is 5.69 Å². The molecule has 0 fully saturated rings. The summed E-state index contributed by atoms with van der Waals surface area (Å²) in [5, 5.41) is 9.42. The fourth-order valence-corrected chi connectivity index (χ4v) is 2.34. The van der Waals surface area contributed by atoms with Crippen LogP contribution in [0.1, 0.15) is 5.56 Å². The fraction of sp³-hybridized carbons (Fsp3) is 0.154. The minimum Gasteiger partial charge on any atom is -0.395 e. The highest BCUT2D eigenvalue weighted by atomic mass is 32.2. The van der Waals surface area contributed by atoms with Crippen LogP contribution < -0.4 is 15.0 Å². The lowest BCUT2D eigenvalue weighted by Crippen LogP contribution is -2.25. The Hall–Kier alpha value is -2.60. The Morgan fingerprint density at radius 3 is 2.77 bits per heavy atom. The molecular weight excluding hydrogens is 316 g/mol. The molecule has 1 N–H and O–H groups in total. The van der Waals surface area contributed by atoms with Crippen LogP contribution in [0.3, 0.4) is 0 Å². The van der Waals surface area contributed by atoms with Gasteiger partial charge in [0.2, 0.25) is 0 Å². The Labute approximate surface area is 126 Å². The van der Waals surface area contributed by atoms with Crippen LogP contribution in [0.4, 0.5) is 8.78 Å². The Morgan fingerprint density at radius 1 is 1.36 bits per heavy atom. The van der Waals surface area contributed by atoms with Gasteiger partial charge in [0.1, 0.15) is 11.6 Å². The first-order valence-electron chi connectivity index (χ1n) is 5.92. The van der Waals surface area contributed by atoms with Crippen LogP contribution in [0.2, 0.25) is 0 Å². The van der Waals surface area contributed by atoms with Crippen LogP contribution >= 0.6 is 11.8 Å². The molecule has 1 aliphatic heterocycles. The monoisotopic (exact) mass is 323 g/mol. The van der Waals surface area contributed by atoms with E-state index in [2.05, 4.69) is 19.4 Å². The third-order valence-corrected chi connectivity index (χ3v) is 3.46. The van der Waals surface area contributed by atoms with Gasteiger partial charge in [0.15, 0.2) is 16.7 Å². The van der Waals surface area contributed by atoms with E-state index >= 15 is 0 Å². The highest BCUT2D eigenvalue weighted by Gasteiger charge is 2.43. The van der Waals surface area contributed by atoms with Gasteiger partial charge in [-0.3, -0.25) is 4.79 Å². The fourth-order valence-electron chi connectivity index (χ4n) is 1.96. The van der Waals surface area contributed by atoms with Gasteiger partial charge in [-0.15, -0.1) is 8.78 Å². The van der Waals surface area contributed by atoms with Crippen molar-refractivity contribution in [2.45, 2.75) is 11.5 Å². The molecule has 1 aromatic heterocycles. The Bertz CT molecular complexity index is 861. The third kappa shape index (κ3) is 2.37. The summed E-state index contributed by atoms with van der Waals surface area (Å²) in [6.45, 7) is 0. The minimum absolute atomic E-state index is 0.0946. The number of hydrogen-bond donors (Lipinski definition) is 1. The van der Waals surface area contributed by atoms with E-state index in [1.807, 2.05) is 0 Å². The Kier molecular flexibility index (Phi) is 3.26. The molecule has 0 atom stereocenters. The highest BCUT2D eigenvalue weighted by Crippen LogP contribution is 2.42. The quantitative estimate of drug-likeness (QED) is 0.674. The molecule has 2 aromatic rings. The average Bonchev–Trinajstić information content (AvgIpc) is 2.78. The van der Waals surface area contributed by atoms with Gasteiger partial charge in [-0.25, -0.2) is 4.98 Å². The number of halogens is 2. The van der Waals surface area contributed by atoms with Crippen molar-refractivity contribution in [3.8, 4) is 28.8 Å². The van der Waals surface area contributed by atoms with Crippen LogP contribution in [0.5, 0.6) is 11.5 Å². The van der Waals surface area contributed by atoms with Crippen molar-refractivity contribution in [2.24, 2.45) is 0 Å². The Balaban J connectivity index is 2.16. The van der Waals surface area contributed by atoms with E-state index in [1.165, 1.54) is 30.0 Å². The number of thioether (sulfide) groups is 1. The van der Waals surface area contributed by atoms with E-state index in [4.69, 9.17) is 5.26 Å². The SMILES string of the molecule is CSc1nc(-c2ccc3c(c2)OC(F)(F)O3)c(C#N)c(=O)[nH]1. The predicted octanol–water partition coefficient (Wildman–Crippen LogP) is 2.35. The molecule has 22 heavy (non-hydrogen) atoms. The zero-order chi connectivity index (χ0) is 15.9. The number of aromatic nitrogens is 2. The zero-order valence-corrected chi connectivity index (χ0v) is 11.8. The average molecular weight is 323 g/mol. The zero-order valence-electron chi connectivity index (χ0n) is 11.0. The number of aromatic amines is 1. The van der Waals surface area contributed by atoms with E-state index in [-0.39, 0.29) is 22.8 Å². The lowest BCUT2D eigenvalue weighted by atomic mass is 10.1. The first kappa shape index (κ1) is 14.3. The van der Waals surface area contributed by atoms with Crippen molar-refractivity contribution in [3.63, 3.8) is 0 Å². The number of H-pyrrole nitrogens is 1. The van der Waals surface area contributed by atoms with Gasteiger partial charge in [-0.1, -0.05) is 11.8 Å². The molecule has 2 heterocycles. The standard InChI is InChI=1S/C13H7F2N3O3S/c1-22-12-17-10(7(5-16)11(19)18-12)6-2-3-8-9(4-6)21-13(14,15)20-8/h2-4H,1H3,(H,17,18,19). The molecule has 112 valence electrons. The molecule has 0 saturated carbocycles. The number of benzene rings is 1. The summed E-state index contributed by atoms with van der Waals surface area (Å²) in [6, 6.07) is 5.71. The van der Waals surface area contributed by atoms with Gasteiger partial charge >= 0.3 is 6.29 Å². The summed E-state index contributed by atoms with van der Waals surface area (Å²) in [5.74, 6) is -0.304. The lowest BCUT2D eigenvalue weighted by Gasteiger charge is -2.06. The van der Waals surface area contributed by atoms with Crippen molar-refractivity contribution in [2.75, 3.05) is 6.26 Å². The van der Waals surface area contributed by atoms with Crippen LogP contribution in [0.25, 0.3) is 11.3 Å². The first-order valence-corrected chi connectivity index (χ1v) is 7.14. The largest absolute Gasteiger partial charge is 0.586 e. The van der Waals surface area contributed by atoms with Gasteiger partial charge < -0.3 is 14.5 Å². The van der Waals surface area contributed by atoms with Crippen molar-refractivity contribution >= 4 is 11.8 Å². The van der Waals surface area contributed by atoms with E-state index in [0.29, 0.717) is 10.7 Å². The number of ether oxygens (including phenoxy) is 2. The van der Waals surface area contributed by atoms with Crippen LogP contribution in [0.15, 0.2) is 28.2 Å². The van der Waals surface area contributed by atoms with Crippen molar-refractivity contribution < 1.29 is 18.3 Å². The normalized spacial score (nSPS) is 14.6. The number of nitrogens with one attached hydrogen (secondary N) is 1. The van der Waals surface area contributed by atoms with Crippen molar-refractivity contribution in [3.05, 3.63) is 34.1 Å². The van der Waals surface area contributed by atoms with Crippen LogP contribution in [0, 0.1) is 11.3 Å². The molecular formula is C13H7F2N3O3S. The van der Waals surface area contributed by atoms with E-state index in [1.54, 1.807) is 12.3 Å². The molecule has 1 aromatic carbocycles. The molecule has 0 saturated heterocycles. The van der Waals surface area contributed by atoms with E-state index < -0.39 is 11.9 Å². The summed E-state index contributed by atoms with van der Waals surface area (Å²) in [4.78, 5) is 18.5. The number of rotatable bonds is 2. The summed E-state index contributed by atoms with van der Waals surface area (Å²) in [7, 11) is 0. The second-order valence-corrected chi connectivity index (χ2v) is 5.03. The summed E-state index contributed by atoms with van der Waals surface area (Å²) in [5.41, 5.74) is -0.404.